The van der Waals surface area contributed by atoms with E-state index in [0.29, 0.717) is 17.2 Å². The molecule has 2 aromatic heterocycles. The van der Waals surface area contributed by atoms with Crippen LogP contribution in [-0.4, -0.2) is 26.8 Å². The number of amides is 1. The molecule has 4 rings (SSSR count). The Kier molecular flexibility index (Phi) is 4.27. The topological polar surface area (TPSA) is 97.4 Å². The quantitative estimate of drug-likeness (QED) is 0.725. The Bertz CT molecular complexity index is 1020. The third kappa shape index (κ3) is 3.12. The molecule has 7 nitrogen and oxygen atoms in total. The Morgan fingerprint density at radius 2 is 2.04 bits per heavy atom. The van der Waals surface area contributed by atoms with Crippen molar-refractivity contribution in [2.24, 2.45) is 0 Å². The van der Waals surface area contributed by atoms with Crippen LogP contribution in [0.25, 0.3) is 5.69 Å². The number of aryl methyl sites for hydroxylation is 1. The summed E-state index contributed by atoms with van der Waals surface area (Å²) in [5.41, 5.74) is 3.52. The third-order valence-corrected chi connectivity index (χ3v) is 4.77. The molecule has 0 atom stereocenters. The van der Waals surface area contributed by atoms with Gasteiger partial charge < -0.3 is 14.8 Å². The second-order valence-electron chi connectivity index (χ2n) is 6.55. The second kappa shape index (κ2) is 6.75. The van der Waals surface area contributed by atoms with Gasteiger partial charge in [-0.05, 0) is 44.4 Å². The van der Waals surface area contributed by atoms with E-state index in [1.54, 1.807) is 6.92 Å². The highest BCUT2D eigenvalue weighted by molar-refractivity contribution is 5.94. The number of carboxylic acid groups (broad SMARTS) is 1. The fourth-order valence-electron chi connectivity index (χ4n) is 3.50. The molecule has 0 spiro atoms. The molecular weight excluding hydrogens is 346 g/mol. The lowest BCUT2D eigenvalue weighted by atomic mass is 10.2. The number of fused-ring (bicyclic) bond motifs is 1. The van der Waals surface area contributed by atoms with E-state index in [1.165, 1.54) is 6.07 Å². The van der Waals surface area contributed by atoms with E-state index in [2.05, 4.69) is 10.4 Å². The van der Waals surface area contributed by atoms with Gasteiger partial charge in [0, 0.05) is 11.3 Å². The summed E-state index contributed by atoms with van der Waals surface area (Å²) < 4.78 is 7.25. The van der Waals surface area contributed by atoms with Crippen molar-refractivity contribution in [2.75, 3.05) is 0 Å². The molecule has 1 amide bonds. The van der Waals surface area contributed by atoms with E-state index in [0.717, 1.165) is 36.2 Å². The lowest BCUT2D eigenvalue weighted by Crippen LogP contribution is -2.24. The summed E-state index contributed by atoms with van der Waals surface area (Å²) in [5, 5.41) is 16.4. The molecule has 7 heteroatoms. The zero-order valence-electron chi connectivity index (χ0n) is 14.9. The van der Waals surface area contributed by atoms with Crippen molar-refractivity contribution in [2.45, 2.75) is 32.7 Å². The lowest BCUT2D eigenvalue weighted by molar-refractivity contribution is 0.0694. The van der Waals surface area contributed by atoms with Crippen molar-refractivity contribution in [1.82, 2.24) is 15.1 Å². The smallest absolute Gasteiger partial charge is 0.339 e. The van der Waals surface area contributed by atoms with Gasteiger partial charge in [0.15, 0.2) is 5.69 Å². The van der Waals surface area contributed by atoms with Crippen LogP contribution in [0.1, 0.15) is 50.0 Å². The average molecular weight is 365 g/mol. The number of benzene rings is 1. The Morgan fingerprint density at radius 3 is 2.74 bits per heavy atom. The minimum atomic E-state index is -1.05. The molecule has 0 unspecified atom stereocenters. The Labute approximate surface area is 155 Å². The molecule has 0 saturated carbocycles. The summed E-state index contributed by atoms with van der Waals surface area (Å²) in [7, 11) is 0. The maximum absolute atomic E-state index is 12.7. The molecule has 1 aromatic carbocycles. The van der Waals surface area contributed by atoms with Crippen LogP contribution in [-0.2, 0) is 19.4 Å². The van der Waals surface area contributed by atoms with Crippen LogP contribution in [0.2, 0.25) is 0 Å². The van der Waals surface area contributed by atoms with E-state index in [-0.39, 0.29) is 18.0 Å². The lowest BCUT2D eigenvalue weighted by Gasteiger charge is -2.04. The normalized spacial score (nSPS) is 12.8. The van der Waals surface area contributed by atoms with Crippen LogP contribution in [0.5, 0.6) is 0 Å². The number of nitrogens with zero attached hydrogens (tertiary/aromatic N) is 2. The third-order valence-electron chi connectivity index (χ3n) is 4.77. The fourth-order valence-corrected chi connectivity index (χ4v) is 3.50. The highest BCUT2D eigenvalue weighted by Crippen LogP contribution is 2.27. The number of carbonyl (C=O) groups excluding carboxylic acids is 1. The first-order valence-electron chi connectivity index (χ1n) is 8.81. The Morgan fingerprint density at radius 1 is 1.26 bits per heavy atom. The molecule has 2 N–H and O–H groups in total. The number of aromatic carboxylic acids is 1. The van der Waals surface area contributed by atoms with Gasteiger partial charge in [-0.2, -0.15) is 5.10 Å². The minimum absolute atomic E-state index is 0.105. The SMILES string of the molecule is Cc1oc(CNC(=O)c2nn(-c3ccccc3)c3c2CCC3)cc1C(=O)O. The van der Waals surface area contributed by atoms with Crippen molar-refractivity contribution >= 4 is 11.9 Å². The predicted molar refractivity (Wildman–Crippen MR) is 97.2 cm³/mol. The molecule has 3 aromatic rings. The number of furan rings is 1. The highest BCUT2D eigenvalue weighted by atomic mass is 16.4. The standard InChI is InChI=1S/C20H19N3O4/c1-12-16(20(25)26)10-14(27-12)11-21-19(24)18-15-8-5-9-17(15)23(22-18)13-6-3-2-4-7-13/h2-4,6-7,10H,5,8-9,11H2,1H3,(H,21,24)(H,25,26). The number of carboxylic acids is 1. The molecule has 2 heterocycles. The van der Waals surface area contributed by atoms with E-state index in [1.807, 2.05) is 35.0 Å². The van der Waals surface area contributed by atoms with Crippen molar-refractivity contribution in [3.8, 4) is 5.69 Å². The Hall–Kier alpha value is -3.35. The van der Waals surface area contributed by atoms with E-state index < -0.39 is 5.97 Å². The maximum Gasteiger partial charge on any atom is 0.339 e. The highest BCUT2D eigenvalue weighted by Gasteiger charge is 2.27. The molecule has 27 heavy (non-hydrogen) atoms. The number of para-hydroxylation sites is 1. The van der Waals surface area contributed by atoms with Crippen LogP contribution in [0.15, 0.2) is 40.8 Å². The second-order valence-corrected chi connectivity index (χ2v) is 6.55. The van der Waals surface area contributed by atoms with Crippen LogP contribution in [0.4, 0.5) is 0 Å². The van der Waals surface area contributed by atoms with Gasteiger partial charge in [-0.3, -0.25) is 4.79 Å². The molecule has 0 aliphatic heterocycles. The van der Waals surface area contributed by atoms with Gasteiger partial charge in [0.1, 0.15) is 17.1 Å². The number of hydrogen-bond donors (Lipinski definition) is 2. The van der Waals surface area contributed by atoms with Gasteiger partial charge >= 0.3 is 5.97 Å². The van der Waals surface area contributed by atoms with Crippen molar-refractivity contribution in [1.29, 1.82) is 0 Å². The Balaban J connectivity index is 1.56. The van der Waals surface area contributed by atoms with Gasteiger partial charge in [0.25, 0.3) is 5.91 Å². The number of hydrogen-bond acceptors (Lipinski definition) is 4. The van der Waals surface area contributed by atoms with Gasteiger partial charge in [-0.25, -0.2) is 9.48 Å². The molecule has 0 saturated heterocycles. The predicted octanol–water partition coefficient (Wildman–Crippen LogP) is 2.89. The minimum Gasteiger partial charge on any atom is -0.478 e. The molecule has 138 valence electrons. The summed E-state index contributed by atoms with van der Waals surface area (Å²) in [5.74, 6) is -0.611. The molecule has 0 bridgehead atoms. The summed E-state index contributed by atoms with van der Waals surface area (Å²) in [4.78, 5) is 23.8. The van der Waals surface area contributed by atoms with Crippen molar-refractivity contribution < 1.29 is 19.1 Å². The number of carbonyl (C=O) groups is 2. The van der Waals surface area contributed by atoms with Gasteiger partial charge in [0.05, 0.1) is 12.2 Å². The summed E-state index contributed by atoms with van der Waals surface area (Å²) >= 11 is 0. The first kappa shape index (κ1) is 17.1. The summed E-state index contributed by atoms with van der Waals surface area (Å²) in [6.07, 6.45) is 2.72. The van der Waals surface area contributed by atoms with E-state index in [9.17, 15) is 9.59 Å². The first-order valence-corrected chi connectivity index (χ1v) is 8.81. The van der Waals surface area contributed by atoms with Gasteiger partial charge in [-0.1, -0.05) is 18.2 Å². The van der Waals surface area contributed by atoms with Crippen LogP contribution in [0, 0.1) is 6.92 Å². The van der Waals surface area contributed by atoms with Crippen molar-refractivity contribution in [3.63, 3.8) is 0 Å². The maximum atomic E-state index is 12.7. The molecule has 1 aliphatic rings. The summed E-state index contributed by atoms with van der Waals surface area (Å²) in [6.45, 7) is 1.70. The zero-order valence-corrected chi connectivity index (χ0v) is 14.9. The van der Waals surface area contributed by atoms with Crippen LogP contribution in [0.3, 0.4) is 0 Å². The largest absolute Gasteiger partial charge is 0.478 e. The fraction of sp³-hybridized carbons (Fsp3) is 0.250. The first-order chi connectivity index (χ1) is 13.0. The number of nitrogens with one attached hydrogen (secondary N) is 1. The van der Waals surface area contributed by atoms with E-state index in [4.69, 9.17) is 9.52 Å². The molecule has 0 fully saturated rings. The van der Waals surface area contributed by atoms with Crippen LogP contribution >= 0.6 is 0 Å². The summed E-state index contributed by atoms with van der Waals surface area (Å²) in [6, 6.07) is 11.2. The van der Waals surface area contributed by atoms with Crippen LogP contribution < -0.4 is 5.32 Å². The van der Waals surface area contributed by atoms with Crippen molar-refractivity contribution in [3.05, 3.63) is 70.4 Å². The number of aromatic nitrogens is 2. The average Bonchev–Trinajstić information content (AvgIpc) is 3.35. The van der Waals surface area contributed by atoms with Gasteiger partial charge in [-0.15, -0.1) is 0 Å². The zero-order chi connectivity index (χ0) is 19.0. The van der Waals surface area contributed by atoms with E-state index >= 15 is 0 Å². The van der Waals surface area contributed by atoms with Gasteiger partial charge in [0.2, 0.25) is 0 Å². The monoisotopic (exact) mass is 365 g/mol. The molecule has 1 aliphatic carbocycles. The number of rotatable bonds is 5. The molecular formula is C20H19N3O4. The molecule has 0 radical (unpaired) electrons.